The molecular weight excluding hydrogens is 331 g/mol. The second kappa shape index (κ2) is 5.80. The van der Waals surface area contributed by atoms with Gasteiger partial charge in [-0.3, -0.25) is 0 Å². The fourth-order valence-electron chi connectivity index (χ4n) is 1.61. The van der Waals surface area contributed by atoms with Gasteiger partial charge in [-0.1, -0.05) is 18.2 Å². The lowest BCUT2D eigenvalue weighted by Crippen LogP contribution is -1.99. The van der Waals surface area contributed by atoms with Gasteiger partial charge in [-0.05, 0) is 64.6 Å². The monoisotopic (exact) mass is 344 g/mol. The van der Waals surface area contributed by atoms with Gasteiger partial charge < -0.3 is 5.11 Å². The molecule has 0 radical (unpaired) electrons. The molecular formula is C13H13IOS. The van der Waals surface area contributed by atoms with E-state index in [0.717, 1.165) is 18.4 Å². The minimum Gasteiger partial charge on any atom is -0.388 e. The molecule has 1 aromatic carbocycles. The first-order valence-corrected chi connectivity index (χ1v) is 7.17. The van der Waals surface area contributed by atoms with Gasteiger partial charge in [0, 0.05) is 8.45 Å². The third kappa shape index (κ3) is 3.30. The van der Waals surface area contributed by atoms with Crippen molar-refractivity contribution >= 4 is 33.9 Å². The predicted octanol–water partition coefficient (Wildman–Crippen LogP) is 4.02. The molecule has 1 unspecified atom stereocenters. The van der Waals surface area contributed by atoms with E-state index < -0.39 is 0 Å². The molecule has 0 spiro atoms. The van der Waals surface area contributed by atoms with E-state index >= 15 is 0 Å². The van der Waals surface area contributed by atoms with Gasteiger partial charge >= 0.3 is 0 Å². The smallest absolute Gasteiger partial charge is 0.0793 e. The molecule has 0 amide bonds. The summed E-state index contributed by atoms with van der Waals surface area (Å²) in [4.78, 5) is 1.34. The lowest BCUT2D eigenvalue weighted by molar-refractivity contribution is 0.168. The van der Waals surface area contributed by atoms with Crippen LogP contribution < -0.4 is 0 Å². The van der Waals surface area contributed by atoms with E-state index in [2.05, 4.69) is 40.1 Å². The van der Waals surface area contributed by atoms with Crippen LogP contribution in [0.3, 0.4) is 0 Å². The molecule has 0 saturated heterocycles. The number of thiophene rings is 1. The van der Waals surface area contributed by atoms with E-state index in [4.69, 9.17) is 0 Å². The van der Waals surface area contributed by atoms with Crippen molar-refractivity contribution in [2.24, 2.45) is 0 Å². The van der Waals surface area contributed by atoms with Crippen molar-refractivity contribution in [2.75, 3.05) is 0 Å². The molecule has 2 aromatic rings. The summed E-state index contributed by atoms with van der Waals surface area (Å²) in [5.41, 5.74) is 1.02. The molecule has 2 rings (SSSR count). The molecule has 1 nitrogen and oxygen atoms in total. The number of benzene rings is 1. The van der Waals surface area contributed by atoms with Crippen molar-refractivity contribution in [3.63, 3.8) is 0 Å². The van der Waals surface area contributed by atoms with E-state index in [1.54, 1.807) is 11.3 Å². The maximum absolute atomic E-state index is 10.0. The Kier molecular flexibility index (Phi) is 4.37. The standard InChI is InChI=1S/C13H13IOS/c14-11-4-1-3-10(9-11)13(15)7-6-12-5-2-8-16-12/h1-5,8-9,13,15H,6-7H2. The highest BCUT2D eigenvalue weighted by atomic mass is 127. The van der Waals surface area contributed by atoms with Gasteiger partial charge in [0.15, 0.2) is 0 Å². The summed E-state index contributed by atoms with van der Waals surface area (Å²) in [7, 11) is 0. The van der Waals surface area contributed by atoms with Crippen molar-refractivity contribution < 1.29 is 5.11 Å². The Morgan fingerprint density at radius 2 is 2.12 bits per heavy atom. The Bertz CT molecular complexity index is 439. The van der Waals surface area contributed by atoms with E-state index in [1.165, 1.54) is 8.45 Å². The zero-order valence-corrected chi connectivity index (χ0v) is 11.7. The largest absolute Gasteiger partial charge is 0.388 e. The van der Waals surface area contributed by atoms with Crippen LogP contribution in [-0.2, 0) is 6.42 Å². The Morgan fingerprint density at radius 1 is 1.25 bits per heavy atom. The number of aliphatic hydroxyl groups is 1. The number of aryl methyl sites for hydroxylation is 1. The summed E-state index contributed by atoms with van der Waals surface area (Å²) in [5, 5.41) is 12.1. The molecule has 1 heterocycles. The quantitative estimate of drug-likeness (QED) is 0.831. The van der Waals surface area contributed by atoms with Gasteiger partial charge in [-0.2, -0.15) is 0 Å². The van der Waals surface area contributed by atoms with Gasteiger partial charge in [-0.15, -0.1) is 11.3 Å². The van der Waals surface area contributed by atoms with Crippen molar-refractivity contribution in [3.8, 4) is 0 Å². The highest BCUT2D eigenvalue weighted by Gasteiger charge is 2.08. The third-order valence-electron chi connectivity index (χ3n) is 2.48. The first-order chi connectivity index (χ1) is 7.75. The number of hydrogen-bond acceptors (Lipinski definition) is 2. The second-order valence-corrected chi connectivity index (χ2v) is 5.97. The maximum atomic E-state index is 10.0. The summed E-state index contributed by atoms with van der Waals surface area (Å²) in [5.74, 6) is 0. The number of hydrogen-bond donors (Lipinski definition) is 1. The molecule has 3 heteroatoms. The Labute approximate surface area is 113 Å². The minimum absolute atomic E-state index is 0.350. The number of rotatable bonds is 4. The molecule has 0 saturated carbocycles. The van der Waals surface area contributed by atoms with Crippen molar-refractivity contribution in [2.45, 2.75) is 18.9 Å². The normalized spacial score (nSPS) is 12.6. The van der Waals surface area contributed by atoms with E-state index in [-0.39, 0.29) is 6.10 Å². The van der Waals surface area contributed by atoms with E-state index in [9.17, 15) is 5.11 Å². The SMILES string of the molecule is OC(CCc1cccs1)c1cccc(I)c1. The molecule has 84 valence electrons. The van der Waals surface area contributed by atoms with Crippen LogP contribution in [-0.4, -0.2) is 5.11 Å². The fourth-order valence-corrected chi connectivity index (χ4v) is 2.91. The molecule has 0 fully saturated rings. The summed E-state index contributed by atoms with van der Waals surface area (Å²) in [6.07, 6.45) is 1.39. The van der Waals surface area contributed by atoms with Gasteiger partial charge in [-0.25, -0.2) is 0 Å². The number of aliphatic hydroxyl groups excluding tert-OH is 1. The molecule has 1 aromatic heterocycles. The highest BCUT2D eigenvalue weighted by Crippen LogP contribution is 2.22. The first kappa shape index (κ1) is 12.1. The molecule has 0 aliphatic rings. The average Bonchev–Trinajstić information content (AvgIpc) is 2.78. The summed E-state index contributed by atoms with van der Waals surface area (Å²) < 4.78 is 1.17. The lowest BCUT2D eigenvalue weighted by Gasteiger charge is -2.10. The van der Waals surface area contributed by atoms with Crippen LogP contribution in [0.5, 0.6) is 0 Å². The highest BCUT2D eigenvalue weighted by molar-refractivity contribution is 14.1. The summed E-state index contributed by atoms with van der Waals surface area (Å²) >= 11 is 4.02. The van der Waals surface area contributed by atoms with E-state index in [1.807, 2.05) is 24.3 Å². The van der Waals surface area contributed by atoms with Crippen LogP contribution >= 0.6 is 33.9 Å². The molecule has 1 N–H and O–H groups in total. The predicted molar refractivity (Wildman–Crippen MR) is 76.8 cm³/mol. The van der Waals surface area contributed by atoms with Crippen LogP contribution in [0, 0.1) is 3.57 Å². The van der Waals surface area contributed by atoms with Gasteiger partial charge in [0.1, 0.15) is 0 Å². The van der Waals surface area contributed by atoms with Gasteiger partial charge in [0.25, 0.3) is 0 Å². The van der Waals surface area contributed by atoms with Crippen molar-refractivity contribution in [3.05, 3.63) is 55.8 Å². The minimum atomic E-state index is -0.350. The Hall–Kier alpha value is -0.390. The van der Waals surface area contributed by atoms with Gasteiger partial charge in [0.05, 0.1) is 6.10 Å². The van der Waals surface area contributed by atoms with Crippen LogP contribution in [0.15, 0.2) is 41.8 Å². The van der Waals surface area contributed by atoms with Crippen LogP contribution in [0.4, 0.5) is 0 Å². The van der Waals surface area contributed by atoms with Crippen molar-refractivity contribution in [1.82, 2.24) is 0 Å². The van der Waals surface area contributed by atoms with Crippen LogP contribution in [0.1, 0.15) is 23.0 Å². The Balaban J connectivity index is 1.95. The summed E-state index contributed by atoms with van der Waals surface area (Å²) in [6.45, 7) is 0. The lowest BCUT2D eigenvalue weighted by atomic mass is 10.0. The number of halogens is 1. The van der Waals surface area contributed by atoms with Gasteiger partial charge in [0.2, 0.25) is 0 Å². The van der Waals surface area contributed by atoms with Crippen LogP contribution in [0.25, 0.3) is 0 Å². The van der Waals surface area contributed by atoms with Crippen molar-refractivity contribution in [1.29, 1.82) is 0 Å². The first-order valence-electron chi connectivity index (χ1n) is 5.21. The second-order valence-electron chi connectivity index (χ2n) is 3.69. The average molecular weight is 344 g/mol. The molecule has 0 aliphatic carbocycles. The van der Waals surface area contributed by atoms with Crippen LogP contribution in [0.2, 0.25) is 0 Å². The molecule has 16 heavy (non-hydrogen) atoms. The molecule has 0 bridgehead atoms. The van der Waals surface area contributed by atoms with E-state index in [0.29, 0.717) is 0 Å². The topological polar surface area (TPSA) is 20.2 Å². The zero-order chi connectivity index (χ0) is 11.4. The molecule has 1 atom stereocenters. The summed E-state index contributed by atoms with van der Waals surface area (Å²) in [6, 6.07) is 12.2. The zero-order valence-electron chi connectivity index (χ0n) is 8.77. The molecule has 0 aliphatic heterocycles. The fraction of sp³-hybridized carbons (Fsp3) is 0.231. The maximum Gasteiger partial charge on any atom is 0.0793 e. The Morgan fingerprint density at radius 3 is 2.81 bits per heavy atom. The third-order valence-corrected chi connectivity index (χ3v) is 4.08.